The van der Waals surface area contributed by atoms with Crippen LogP contribution in [0.1, 0.15) is 12.5 Å². The van der Waals surface area contributed by atoms with Gasteiger partial charge in [-0.1, -0.05) is 29.3 Å². The summed E-state index contributed by atoms with van der Waals surface area (Å²) >= 11 is 12.3. The van der Waals surface area contributed by atoms with E-state index in [4.69, 9.17) is 27.9 Å². The van der Waals surface area contributed by atoms with Gasteiger partial charge in [0.1, 0.15) is 0 Å². The van der Waals surface area contributed by atoms with Gasteiger partial charge in [0.25, 0.3) is 0 Å². The molecule has 1 saturated heterocycles. The second kappa shape index (κ2) is 6.57. The monoisotopic (exact) mass is 302 g/mol. The van der Waals surface area contributed by atoms with E-state index in [0.717, 1.165) is 5.56 Å². The van der Waals surface area contributed by atoms with Crippen LogP contribution in [-0.4, -0.2) is 25.2 Å². The molecule has 0 bridgehead atoms. The molecular weight excluding hydrogens is 287 g/mol. The Morgan fingerprint density at radius 2 is 2.11 bits per heavy atom. The largest absolute Gasteiger partial charge is 0.466 e. The zero-order valence-corrected chi connectivity index (χ0v) is 12.1. The van der Waals surface area contributed by atoms with Crippen molar-refractivity contribution >= 4 is 29.2 Å². The van der Waals surface area contributed by atoms with Gasteiger partial charge in [0.05, 0.1) is 12.5 Å². The number of halogens is 2. The third kappa shape index (κ3) is 3.39. The van der Waals surface area contributed by atoms with Gasteiger partial charge in [-0.15, -0.1) is 0 Å². The molecule has 1 aromatic rings. The number of esters is 1. The van der Waals surface area contributed by atoms with Crippen molar-refractivity contribution in [2.24, 2.45) is 5.92 Å². The van der Waals surface area contributed by atoms with E-state index < -0.39 is 0 Å². The lowest BCUT2D eigenvalue weighted by atomic mass is 9.95. The maximum Gasteiger partial charge on any atom is 0.311 e. The lowest BCUT2D eigenvalue weighted by Gasteiger charge is -2.18. The molecule has 0 amide bonds. The van der Waals surface area contributed by atoms with Gasteiger partial charge >= 0.3 is 5.97 Å². The highest BCUT2D eigenvalue weighted by Gasteiger charge is 2.34. The lowest BCUT2D eigenvalue weighted by molar-refractivity contribution is -0.147. The molecule has 6 heteroatoms. The number of hydrogen-bond acceptors (Lipinski definition) is 4. The van der Waals surface area contributed by atoms with Crippen LogP contribution in [-0.2, 0) is 16.0 Å². The number of ether oxygens (including phenoxy) is 1. The first-order valence-electron chi connectivity index (χ1n) is 6.21. The highest BCUT2D eigenvalue weighted by molar-refractivity contribution is 6.36. The maximum absolute atomic E-state index is 11.8. The van der Waals surface area contributed by atoms with Crippen molar-refractivity contribution in [2.75, 3.05) is 13.2 Å². The predicted molar refractivity (Wildman–Crippen MR) is 75.2 cm³/mol. The Kier molecular flexibility index (Phi) is 5.05. The SMILES string of the molecule is CCOC(=O)C1CNNC1Cc1c(Cl)cccc1Cl. The predicted octanol–water partition coefficient (Wildman–Crippen LogP) is 2.19. The van der Waals surface area contributed by atoms with E-state index in [1.54, 1.807) is 25.1 Å². The van der Waals surface area contributed by atoms with Crippen LogP contribution in [0.25, 0.3) is 0 Å². The molecule has 19 heavy (non-hydrogen) atoms. The highest BCUT2D eigenvalue weighted by atomic mass is 35.5. The first-order valence-corrected chi connectivity index (χ1v) is 6.97. The number of hydrogen-bond donors (Lipinski definition) is 2. The number of hydrazine groups is 1. The van der Waals surface area contributed by atoms with Crippen LogP contribution in [0.4, 0.5) is 0 Å². The lowest BCUT2D eigenvalue weighted by Crippen LogP contribution is -2.36. The minimum Gasteiger partial charge on any atom is -0.466 e. The molecule has 104 valence electrons. The standard InChI is InChI=1S/C13H16Cl2N2O2/c1-2-19-13(18)9-7-16-17-12(9)6-8-10(14)4-3-5-11(8)15/h3-5,9,12,16-17H,2,6-7H2,1H3. The average Bonchev–Trinajstić information content (AvgIpc) is 2.82. The Morgan fingerprint density at radius 1 is 1.42 bits per heavy atom. The van der Waals surface area contributed by atoms with Gasteiger partial charge < -0.3 is 4.74 Å². The van der Waals surface area contributed by atoms with Gasteiger partial charge in [0.15, 0.2) is 0 Å². The fraction of sp³-hybridized carbons (Fsp3) is 0.462. The summed E-state index contributed by atoms with van der Waals surface area (Å²) in [6.45, 7) is 2.73. The van der Waals surface area contributed by atoms with Crippen molar-refractivity contribution in [3.8, 4) is 0 Å². The molecule has 2 atom stereocenters. The quantitative estimate of drug-likeness (QED) is 0.837. The topological polar surface area (TPSA) is 50.4 Å². The van der Waals surface area contributed by atoms with Crippen LogP contribution in [0, 0.1) is 5.92 Å². The molecule has 0 radical (unpaired) electrons. The van der Waals surface area contributed by atoms with Crippen LogP contribution in [0.3, 0.4) is 0 Å². The Morgan fingerprint density at radius 3 is 2.74 bits per heavy atom. The smallest absolute Gasteiger partial charge is 0.311 e. The molecule has 2 unspecified atom stereocenters. The van der Waals surface area contributed by atoms with Crippen LogP contribution in [0.5, 0.6) is 0 Å². The van der Waals surface area contributed by atoms with Crippen molar-refractivity contribution in [2.45, 2.75) is 19.4 Å². The molecule has 2 N–H and O–H groups in total. The third-order valence-electron chi connectivity index (χ3n) is 3.17. The van der Waals surface area contributed by atoms with E-state index in [9.17, 15) is 4.79 Å². The Hall–Kier alpha value is -0.810. The summed E-state index contributed by atoms with van der Waals surface area (Å²) in [5, 5.41) is 1.23. The van der Waals surface area contributed by atoms with E-state index >= 15 is 0 Å². The summed E-state index contributed by atoms with van der Waals surface area (Å²) in [5.74, 6) is -0.430. The summed E-state index contributed by atoms with van der Waals surface area (Å²) < 4.78 is 5.07. The molecule has 0 saturated carbocycles. The zero-order valence-electron chi connectivity index (χ0n) is 10.6. The molecule has 0 aromatic heterocycles. The number of carbonyl (C=O) groups excluding carboxylic acids is 1. The van der Waals surface area contributed by atoms with Crippen molar-refractivity contribution < 1.29 is 9.53 Å². The number of carbonyl (C=O) groups is 1. The van der Waals surface area contributed by atoms with Gasteiger partial charge in [-0.05, 0) is 31.0 Å². The van der Waals surface area contributed by atoms with E-state index in [2.05, 4.69) is 10.9 Å². The van der Waals surface area contributed by atoms with E-state index in [0.29, 0.717) is 29.6 Å². The molecule has 0 aliphatic carbocycles. The summed E-state index contributed by atoms with van der Waals surface area (Å²) in [4.78, 5) is 11.8. The molecule has 0 spiro atoms. The zero-order chi connectivity index (χ0) is 13.8. The highest BCUT2D eigenvalue weighted by Crippen LogP contribution is 2.27. The third-order valence-corrected chi connectivity index (χ3v) is 3.88. The summed E-state index contributed by atoms with van der Waals surface area (Å²) in [7, 11) is 0. The number of nitrogens with one attached hydrogen (secondary N) is 2. The number of rotatable bonds is 4. The van der Waals surface area contributed by atoms with Crippen molar-refractivity contribution in [3.63, 3.8) is 0 Å². The molecular formula is C13H16Cl2N2O2. The van der Waals surface area contributed by atoms with Crippen molar-refractivity contribution in [1.82, 2.24) is 10.9 Å². The second-order valence-electron chi connectivity index (χ2n) is 4.39. The first kappa shape index (κ1) is 14.6. The van der Waals surface area contributed by atoms with Gasteiger partial charge in [0, 0.05) is 22.6 Å². The summed E-state index contributed by atoms with van der Waals surface area (Å²) in [6.07, 6.45) is 0.578. The molecule has 1 aliphatic rings. The van der Waals surface area contributed by atoms with E-state index in [1.165, 1.54) is 0 Å². The maximum atomic E-state index is 11.8. The van der Waals surface area contributed by atoms with Gasteiger partial charge in [0.2, 0.25) is 0 Å². The Bertz CT molecular complexity index is 448. The van der Waals surface area contributed by atoms with Crippen molar-refractivity contribution in [3.05, 3.63) is 33.8 Å². The van der Waals surface area contributed by atoms with Crippen LogP contribution in [0.2, 0.25) is 10.0 Å². The summed E-state index contributed by atoms with van der Waals surface area (Å²) in [6, 6.07) is 5.32. The Labute approximate surface area is 122 Å². The Balaban J connectivity index is 2.11. The number of benzene rings is 1. The molecule has 1 aliphatic heterocycles. The fourth-order valence-electron chi connectivity index (χ4n) is 2.18. The molecule has 1 aromatic carbocycles. The van der Waals surface area contributed by atoms with Crippen LogP contribution >= 0.6 is 23.2 Å². The average molecular weight is 303 g/mol. The second-order valence-corrected chi connectivity index (χ2v) is 5.21. The molecule has 4 nitrogen and oxygen atoms in total. The van der Waals surface area contributed by atoms with E-state index in [-0.39, 0.29) is 17.9 Å². The first-order chi connectivity index (χ1) is 9.13. The minimum atomic E-state index is -0.229. The molecule has 1 heterocycles. The minimum absolute atomic E-state index is 0.0727. The van der Waals surface area contributed by atoms with Crippen LogP contribution < -0.4 is 10.9 Å². The normalized spacial score (nSPS) is 22.5. The van der Waals surface area contributed by atoms with Crippen LogP contribution in [0.15, 0.2) is 18.2 Å². The van der Waals surface area contributed by atoms with Crippen molar-refractivity contribution in [1.29, 1.82) is 0 Å². The molecule has 2 rings (SSSR count). The van der Waals surface area contributed by atoms with Gasteiger partial charge in [-0.3, -0.25) is 15.6 Å². The molecule has 1 fully saturated rings. The fourth-order valence-corrected chi connectivity index (χ4v) is 2.73. The van der Waals surface area contributed by atoms with E-state index in [1.807, 2.05) is 0 Å². The van der Waals surface area contributed by atoms with Gasteiger partial charge in [-0.25, -0.2) is 0 Å². The van der Waals surface area contributed by atoms with Gasteiger partial charge in [-0.2, -0.15) is 0 Å². The summed E-state index contributed by atoms with van der Waals surface area (Å²) in [5.41, 5.74) is 6.91.